The molecule has 3 heterocycles. The van der Waals surface area contributed by atoms with Gasteiger partial charge < -0.3 is 19.7 Å². The first-order valence-electron chi connectivity index (χ1n) is 12.4. The van der Waals surface area contributed by atoms with E-state index in [0.717, 1.165) is 23.0 Å². The number of rotatable bonds is 7. The van der Waals surface area contributed by atoms with Gasteiger partial charge in [-0.1, -0.05) is 91.0 Å². The van der Waals surface area contributed by atoms with Crippen molar-refractivity contribution < 1.29 is 24.5 Å². The van der Waals surface area contributed by atoms with E-state index in [9.17, 15) is 15.0 Å². The molecule has 2 N–H and O–H groups in total. The Morgan fingerprint density at radius 3 is 1.95 bits per heavy atom. The van der Waals surface area contributed by atoms with E-state index in [4.69, 9.17) is 9.47 Å². The number of hydrogen-bond acceptors (Lipinski definition) is 8. The molecule has 3 aromatic carbocycles. The minimum Gasteiger partial charge on any atom is -0.387 e. The summed E-state index contributed by atoms with van der Waals surface area (Å²) in [7, 11) is 0. The zero-order valence-electron chi connectivity index (χ0n) is 20.3. The van der Waals surface area contributed by atoms with Crippen LogP contribution in [-0.2, 0) is 19.9 Å². The maximum atomic E-state index is 12.1. The first-order chi connectivity index (χ1) is 18.6. The Balaban J connectivity index is 1.32. The highest BCUT2D eigenvalue weighted by Gasteiger charge is 2.50. The number of nitrogens with zero attached hydrogens (tertiary/aromatic N) is 4. The Hall–Kier alpha value is -4.02. The van der Waals surface area contributed by atoms with E-state index in [1.807, 2.05) is 91.0 Å². The molecule has 3 aliphatic rings. The molecule has 5 atom stereocenters. The van der Waals surface area contributed by atoms with E-state index in [2.05, 4.69) is 15.0 Å². The van der Waals surface area contributed by atoms with E-state index in [-0.39, 0.29) is 6.61 Å². The smallest absolute Gasteiger partial charge is 0.279 e. The van der Waals surface area contributed by atoms with E-state index in [0.29, 0.717) is 5.84 Å². The van der Waals surface area contributed by atoms with Crippen LogP contribution in [0.3, 0.4) is 0 Å². The van der Waals surface area contributed by atoms with Crippen LogP contribution < -0.4 is 0 Å². The van der Waals surface area contributed by atoms with Gasteiger partial charge in [-0.15, -0.1) is 0 Å². The molecule has 3 aromatic rings. The minimum absolute atomic E-state index is 0.0330. The molecule has 0 radical (unpaired) electrons. The summed E-state index contributed by atoms with van der Waals surface area (Å²) in [5.74, 6) is -0.143. The van der Waals surface area contributed by atoms with Crippen LogP contribution >= 0.6 is 0 Å². The molecule has 0 spiro atoms. The molecular formula is C29H26N4O5. The number of amidine groups is 1. The lowest BCUT2D eigenvalue weighted by atomic mass is 9.80. The molecule has 0 aromatic heterocycles. The Morgan fingerprint density at radius 2 is 1.39 bits per heavy atom. The molecule has 1 amide bonds. The lowest BCUT2D eigenvalue weighted by Gasteiger charge is -2.37. The van der Waals surface area contributed by atoms with Crippen molar-refractivity contribution in [3.05, 3.63) is 108 Å². The largest absolute Gasteiger partial charge is 0.387 e. The van der Waals surface area contributed by atoms with Gasteiger partial charge in [0.25, 0.3) is 5.91 Å². The van der Waals surface area contributed by atoms with E-state index in [1.54, 1.807) is 0 Å². The average molecular weight is 511 g/mol. The fourth-order valence-corrected chi connectivity index (χ4v) is 5.20. The number of ether oxygens (including phenoxy) is 2. The van der Waals surface area contributed by atoms with Crippen molar-refractivity contribution in [1.29, 1.82) is 0 Å². The molecule has 0 bridgehead atoms. The van der Waals surface area contributed by atoms with Gasteiger partial charge in [-0.25, -0.2) is 4.99 Å². The van der Waals surface area contributed by atoms with Crippen molar-refractivity contribution in [3.63, 3.8) is 0 Å². The molecule has 0 saturated carbocycles. The number of fused-ring (bicyclic) bond motifs is 1. The van der Waals surface area contributed by atoms with Crippen LogP contribution in [0.1, 0.15) is 16.7 Å². The quantitative estimate of drug-likeness (QED) is 0.471. The molecule has 0 aliphatic carbocycles. The predicted octanol–water partition coefficient (Wildman–Crippen LogP) is 2.12. The van der Waals surface area contributed by atoms with Crippen LogP contribution in [0.2, 0.25) is 0 Å². The SMILES string of the molecule is O=C1N=CN=C2C1N=CN2[C@@H]1O[C@H](COC(c2ccccc2)(c2ccccc2)c2ccccc2)[C@@H](O)[C@H]1O. The number of hydrogen-bond donors (Lipinski definition) is 2. The summed E-state index contributed by atoms with van der Waals surface area (Å²) in [5, 5.41) is 21.9. The highest BCUT2D eigenvalue weighted by Crippen LogP contribution is 2.41. The van der Waals surface area contributed by atoms with Crippen LogP contribution in [0.4, 0.5) is 0 Å². The Kier molecular flexibility index (Phi) is 6.42. The molecule has 1 fully saturated rings. The topological polar surface area (TPSA) is 116 Å². The molecule has 192 valence electrons. The molecule has 9 heteroatoms. The Labute approximate surface area is 219 Å². The second kappa shape index (κ2) is 10.0. The second-order valence-electron chi connectivity index (χ2n) is 9.28. The average Bonchev–Trinajstić information content (AvgIpc) is 3.52. The summed E-state index contributed by atoms with van der Waals surface area (Å²) in [4.78, 5) is 25.5. The van der Waals surface area contributed by atoms with Gasteiger partial charge in [0, 0.05) is 0 Å². The van der Waals surface area contributed by atoms with Gasteiger partial charge in [0.15, 0.2) is 12.3 Å². The summed E-state index contributed by atoms with van der Waals surface area (Å²) in [5.41, 5.74) is 1.72. The molecule has 1 saturated heterocycles. The number of aliphatic hydroxyl groups excluding tert-OH is 2. The summed E-state index contributed by atoms with van der Waals surface area (Å²) in [6, 6.07) is 28.7. The standard InChI is InChI=1S/C29H26N4O5/c34-24-22(38-28(25(24)35)33-18-32-23-26(33)30-17-31-27(23)36)16-37-29(19-10-4-1-5-11-19,20-12-6-2-7-13-20)21-14-8-3-9-15-21/h1-15,17-18,22-25,28,34-35H,16H2/t22-,23?,24-,25-,28-/m1/s1. The molecule has 1 unspecified atom stereocenters. The van der Waals surface area contributed by atoms with Gasteiger partial charge in [-0.2, -0.15) is 4.99 Å². The number of carbonyl (C=O) groups excluding carboxylic acids is 1. The molecule has 6 rings (SSSR count). The third kappa shape index (κ3) is 4.06. The molecule has 3 aliphatic heterocycles. The molecule has 38 heavy (non-hydrogen) atoms. The van der Waals surface area contributed by atoms with Crippen molar-refractivity contribution in [2.24, 2.45) is 15.0 Å². The lowest BCUT2D eigenvalue weighted by molar-refractivity contribution is -0.117. The summed E-state index contributed by atoms with van der Waals surface area (Å²) >= 11 is 0. The minimum atomic E-state index is -1.29. The van der Waals surface area contributed by atoms with Crippen molar-refractivity contribution in [2.45, 2.75) is 36.2 Å². The first kappa shape index (κ1) is 24.3. The maximum Gasteiger partial charge on any atom is 0.279 e. The third-order valence-electron chi connectivity index (χ3n) is 7.07. The zero-order valence-corrected chi connectivity index (χ0v) is 20.3. The van der Waals surface area contributed by atoms with Crippen molar-refractivity contribution in [3.8, 4) is 0 Å². The normalized spacial score (nSPS) is 26.5. The predicted molar refractivity (Wildman–Crippen MR) is 141 cm³/mol. The van der Waals surface area contributed by atoms with Crippen LogP contribution in [-0.4, -0.2) is 76.7 Å². The fourth-order valence-electron chi connectivity index (χ4n) is 5.20. The maximum absolute atomic E-state index is 12.1. The Morgan fingerprint density at radius 1 is 0.842 bits per heavy atom. The summed E-state index contributed by atoms with van der Waals surface area (Å²) in [6.45, 7) is -0.0330. The number of amides is 1. The molecular weight excluding hydrogens is 484 g/mol. The first-order valence-corrected chi connectivity index (χ1v) is 12.4. The van der Waals surface area contributed by atoms with E-state index in [1.165, 1.54) is 11.2 Å². The monoisotopic (exact) mass is 510 g/mol. The number of aliphatic imine (C=N–C) groups is 3. The van der Waals surface area contributed by atoms with Crippen LogP contribution in [0.25, 0.3) is 0 Å². The lowest BCUT2D eigenvalue weighted by Crippen LogP contribution is -2.48. The van der Waals surface area contributed by atoms with Crippen molar-refractivity contribution >= 4 is 24.4 Å². The van der Waals surface area contributed by atoms with E-state index >= 15 is 0 Å². The number of benzene rings is 3. The van der Waals surface area contributed by atoms with Crippen LogP contribution in [0, 0.1) is 0 Å². The third-order valence-corrected chi connectivity index (χ3v) is 7.07. The van der Waals surface area contributed by atoms with Crippen molar-refractivity contribution in [1.82, 2.24) is 4.90 Å². The van der Waals surface area contributed by atoms with Gasteiger partial charge >= 0.3 is 0 Å². The second-order valence-corrected chi connectivity index (χ2v) is 9.28. The highest BCUT2D eigenvalue weighted by atomic mass is 16.6. The highest BCUT2D eigenvalue weighted by molar-refractivity contribution is 6.19. The number of aliphatic hydroxyl groups is 2. The summed E-state index contributed by atoms with van der Waals surface area (Å²) in [6.07, 6.45) is -1.85. The number of carbonyl (C=O) groups is 1. The fraction of sp³-hybridized carbons (Fsp3) is 0.241. The zero-order chi connectivity index (χ0) is 26.1. The van der Waals surface area contributed by atoms with Gasteiger partial charge in [-0.3, -0.25) is 14.7 Å². The Bertz CT molecular complexity index is 1280. The van der Waals surface area contributed by atoms with E-state index < -0.39 is 42.1 Å². The van der Waals surface area contributed by atoms with Crippen LogP contribution in [0.5, 0.6) is 0 Å². The van der Waals surface area contributed by atoms with Gasteiger partial charge in [-0.05, 0) is 16.7 Å². The van der Waals surface area contributed by atoms with Crippen molar-refractivity contribution in [2.75, 3.05) is 6.61 Å². The van der Waals surface area contributed by atoms with Crippen LogP contribution in [0.15, 0.2) is 106 Å². The van der Waals surface area contributed by atoms with Gasteiger partial charge in [0.1, 0.15) is 36.1 Å². The van der Waals surface area contributed by atoms with Gasteiger partial charge in [0.2, 0.25) is 0 Å². The van der Waals surface area contributed by atoms with Gasteiger partial charge in [0.05, 0.1) is 12.9 Å². The summed E-state index contributed by atoms with van der Waals surface area (Å²) < 4.78 is 12.9. The molecule has 9 nitrogen and oxygen atoms in total.